The van der Waals surface area contributed by atoms with Crippen LogP contribution >= 0.6 is 23.5 Å². The largest absolute Gasteiger partial charge is 0.536 e. The maximum atomic E-state index is 11.6. The molecule has 2 unspecified atom stereocenters. The molecule has 14 heteroatoms. The Balaban J connectivity index is 2.17. The summed E-state index contributed by atoms with van der Waals surface area (Å²) < 4.78 is 45.1. The van der Waals surface area contributed by atoms with E-state index in [2.05, 4.69) is 18.1 Å². The van der Waals surface area contributed by atoms with Crippen molar-refractivity contribution < 1.29 is 46.4 Å². The second-order valence-electron chi connectivity index (χ2n) is 4.04. The summed E-state index contributed by atoms with van der Waals surface area (Å²) >= 11 is 0. The monoisotopic (exact) mass is 385 g/mol. The predicted octanol–water partition coefficient (Wildman–Crippen LogP) is 1.94. The van der Waals surface area contributed by atoms with Crippen LogP contribution in [-0.4, -0.2) is 24.6 Å². The highest BCUT2D eigenvalue weighted by Gasteiger charge is 2.41. The first-order chi connectivity index (χ1) is 10.5. The van der Waals surface area contributed by atoms with Crippen molar-refractivity contribution in [2.45, 2.75) is 0 Å². The molecule has 0 aliphatic rings. The van der Waals surface area contributed by atoms with E-state index in [1.807, 2.05) is 0 Å². The van der Waals surface area contributed by atoms with Crippen molar-refractivity contribution in [1.82, 2.24) is 4.98 Å². The number of hydrogen-bond acceptors (Lipinski definition) is 7. The van der Waals surface area contributed by atoms with Gasteiger partial charge in [0.05, 0.1) is 5.52 Å². The van der Waals surface area contributed by atoms with Crippen molar-refractivity contribution in [3.8, 4) is 5.75 Å². The van der Waals surface area contributed by atoms with Crippen LogP contribution in [0.15, 0.2) is 36.5 Å². The van der Waals surface area contributed by atoms with E-state index in [1.54, 1.807) is 12.1 Å². The fourth-order valence-corrected chi connectivity index (χ4v) is 4.55. The normalized spacial score (nSPS) is 17.4. The molecule has 2 rings (SSSR count). The van der Waals surface area contributed by atoms with E-state index in [0.29, 0.717) is 10.9 Å². The molecule has 0 aliphatic carbocycles. The van der Waals surface area contributed by atoms with Gasteiger partial charge in [-0.05, 0) is 18.2 Å². The third-order valence-electron chi connectivity index (χ3n) is 2.21. The van der Waals surface area contributed by atoms with Crippen LogP contribution in [0.2, 0.25) is 0 Å². The van der Waals surface area contributed by atoms with E-state index in [9.17, 15) is 18.6 Å². The highest BCUT2D eigenvalue weighted by atomic mass is 31.3. The lowest BCUT2D eigenvalue weighted by molar-refractivity contribution is 0.207. The van der Waals surface area contributed by atoms with E-state index in [1.165, 1.54) is 24.4 Å². The summed E-state index contributed by atoms with van der Waals surface area (Å²) in [5, 5.41) is 0.700. The van der Waals surface area contributed by atoms with Crippen LogP contribution < -0.4 is 4.52 Å². The molecule has 126 valence electrons. The summed E-state index contributed by atoms with van der Waals surface area (Å²) in [6, 6.07) is 7.42. The Kier molecular flexibility index (Phi) is 5.08. The van der Waals surface area contributed by atoms with Crippen LogP contribution in [0.25, 0.3) is 10.9 Å². The Morgan fingerprint density at radius 2 is 1.61 bits per heavy atom. The Morgan fingerprint density at radius 3 is 2.26 bits per heavy atom. The molecule has 4 N–H and O–H groups in total. The quantitative estimate of drug-likeness (QED) is 0.535. The first kappa shape index (κ1) is 18.2. The number of phosphoric ester groups is 1. The number of hydrogen-bond donors (Lipinski definition) is 4. The molecule has 2 aromatic rings. The lowest BCUT2D eigenvalue weighted by Crippen LogP contribution is -1.98. The molecule has 0 radical (unpaired) electrons. The minimum absolute atomic E-state index is 0.224. The molecule has 11 nitrogen and oxygen atoms in total. The zero-order valence-corrected chi connectivity index (χ0v) is 13.7. The molecule has 0 bridgehead atoms. The standard InChI is InChI=1S/C9H10NO10P3/c11-21(12,13)19-23(16,17)20-22(14,15)18-8-4-3-7-2-1-5-10-9(7)6-8/h1-6H,(H,14,15)(H,16,17)(H2,11,12,13). The van der Waals surface area contributed by atoms with E-state index in [4.69, 9.17) is 14.7 Å². The molecule has 0 amide bonds. The van der Waals surface area contributed by atoms with E-state index >= 15 is 0 Å². The van der Waals surface area contributed by atoms with Gasteiger partial charge in [0.25, 0.3) is 0 Å². The van der Waals surface area contributed by atoms with Crippen molar-refractivity contribution in [2.24, 2.45) is 0 Å². The molecule has 0 saturated heterocycles. The van der Waals surface area contributed by atoms with Crippen LogP contribution in [0.3, 0.4) is 0 Å². The summed E-state index contributed by atoms with van der Waals surface area (Å²) in [5.41, 5.74) is 0.406. The van der Waals surface area contributed by atoms with E-state index in [-0.39, 0.29) is 5.75 Å². The maximum Gasteiger partial charge on any atom is 0.536 e. The molecule has 0 aliphatic heterocycles. The molecular formula is C9H10NO10P3. The average Bonchev–Trinajstić information content (AvgIpc) is 2.33. The summed E-state index contributed by atoms with van der Waals surface area (Å²) in [6.07, 6.45) is 1.47. The average molecular weight is 385 g/mol. The highest BCUT2D eigenvalue weighted by molar-refractivity contribution is 7.66. The van der Waals surface area contributed by atoms with Crippen LogP contribution in [0, 0.1) is 0 Å². The lowest BCUT2D eigenvalue weighted by Gasteiger charge is -2.16. The summed E-state index contributed by atoms with van der Waals surface area (Å²) in [7, 11) is -16.2. The van der Waals surface area contributed by atoms with Gasteiger partial charge in [-0.15, -0.1) is 0 Å². The number of nitrogens with zero attached hydrogens (tertiary/aromatic N) is 1. The van der Waals surface area contributed by atoms with Crippen molar-refractivity contribution in [3.05, 3.63) is 36.5 Å². The molecular weight excluding hydrogens is 375 g/mol. The molecule has 1 heterocycles. The lowest BCUT2D eigenvalue weighted by atomic mass is 10.2. The molecule has 0 fully saturated rings. The van der Waals surface area contributed by atoms with Crippen molar-refractivity contribution >= 4 is 34.4 Å². The van der Waals surface area contributed by atoms with Crippen molar-refractivity contribution in [1.29, 1.82) is 0 Å². The second kappa shape index (κ2) is 6.41. The molecule has 2 atom stereocenters. The number of benzene rings is 1. The number of fused-ring (bicyclic) bond motifs is 1. The highest BCUT2D eigenvalue weighted by Crippen LogP contribution is 2.66. The third-order valence-corrected chi connectivity index (χ3v) is 5.98. The number of aromatic nitrogens is 1. The van der Waals surface area contributed by atoms with Crippen LogP contribution in [-0.2, 0) is 22.3 Å². The fraction of sp³-hybridized carbons (Fsp3) is 0. The maximum absolute atomic E-state index is 11.6. The number of pyridine rings is 1. The third kappa shape index (κ3) is 5.78. The molecule has 0 spiro atoms. The van der Waals surface area contributed by atoms with Crippen molar-refractivity contribution in [3.63, 3.8) is 0 Å². The van der Waals surface area contributed by atoms with E-state index in [0.717, 1.165) is 0 Å². The topological polar surface area (TPSA) is 173 Å². The van der Waals surface area contributed by atoms with Gasteiger partial charge in [-0.1, -0.05) is 6.07 Å². The Labute approximate surface area is 128 Å². The van der Waals surface area contributed by atoms with Crippen LogP contribution in [0.5, 0.6) is 5.75 Å². The van der Waals surface area contributed by atoms with Crippen LogP contribution in [0.1, 0.15) is 0 Å². The minimum Gasteiger partial charge on any atom is -0.404 e. The van der Waals surface area contributed by atoms with Gasteiger partial charge in [-0.2, -0.15) is 8.62 Å². The Bertz CT molecular complexity index is 864. The molecule has 1 aromatic heterocycles. The van der Waals surface area contributed by atoms with Crippen molar-refractivity contribution in [2.75, 3.05) is 0 Å². The fourth-order valence-electron chi connectivity index (χ4n) is 1.53. The van der Waals surface area contributed by atoms with Gasteiger partial charge < -0.3 is 19.2 Å². The van der Waals surface area contributed by atoms with E-state index < -0.39 is 23.5 Å². The number of rotatable bonds is 6. The first-order valence-electron chi connectivity index (χ1n) is 5.64. The van der Waals surface area contributed by atoms with Gasteiger partial charge in [-0.25, -0.2) is 13.7 Å². The molecule has 0 saturated carbocycles. The van der Waals surface area contributed by atoms with Gasteiger partial charge in [-0.3, -0.25) is 9.88 Å². The summed E-state index contributed by atoms with van der Waals surface area (Å²) in [6.45, 7) is 0. The molecule has 1 aromatic carbocycles. The zero-order valence-electron chi connectivity index (χ0n) is 11.0. The minimum atomic E-state index is -5.54. The van der Waals surface area contributed by atoms with Gasteiger partial charge >= 0.3 is 23.5 Å². The van der Waals surface area contributed by atoms with Gasteiger partial charge in [0.2, 0.25) is 0 Å². The van der Waals surface area contributed by atoms with Gasteiger partial charge in [0, 0.05) is 17.6 Å². The Hall–Kier alpha value is -1.12. The molecule has 23 heavy (non-hydrogen) atoms. The van der Waals surface area contributed by atoms with Gasteiger partial charge in [0.15, 0.2) is 0 Å². The summed E-state index contributed by atoms with van der Waals surface area (Å²) in [4.78, 5) is 39.2. The summed E-state index contributed by atoms with van der Waals surface area (Å²) in [5.74, 6) is -0.224. The smallest absolute Gasteiger partial charge is 0.404 e. The number of phosphoric acid groups is 3. The Morgan fingerprint density at radius 1 is 0.913 bits per heavy atom. The predicted molar refractivity (Wildman–Crippen MR) is 76.2 cm³/mol. The SMILES string of the molecule is O=P(O)(O)OP(=O)(O)OP(=O)(O)Oc1ccc2cccnc2c1. The second-order valence-corrected chi connectivity index (χ2v) is 8.38. The van der Waals surface area contributed by atoms with Gasteiger partial charge in [0.1, 0.15) is 5.75 Å². The first-order valence-corrected chi connectivity index (χ1v) is 10.2. The zero-order chi connectivity index (χ0) is 17.3. The van der Waals surface area contributed by atoms with Crippen LogP contribution in [0.4, 0.5) is 0 Å².